The number of nitrogens with one attached hydrogen (secondary N) is 4. The summed E-state index contributed by atoms with van der Waals surface area (Å²) >= 11 is 0. The van der Waals surface area contributed by atoms with Crippen LogP contribution in [0.15, 0.2) is 107 Å². The monoisotopic (exact) mass is 1060 g/mol. The number of likely N-dealkylation sites (N-methyl/N-ethyl adjacent to an activating group) is 2. The molecule has 0 radical (unpaired) electrons. The molecule has 2 saturated heterocycles. The van der Waals surface area contributed by atoms with Crippen LogP contribution < -0.4 is 21.3 Å². The van der Waals surface area contributed by atoms with E-state index in [4.69, 9.17) is 0 Å². The molecule has 16 nitrogen and oxygen atoms in total. The molecular formula is C56H80N8O8S2. The van der Waals surface area contributed by atoms with Gasteiger partial charge in [0.05, 0.1) is 21.9 Å². The second-order valence-electron chi connectivity index (χ2n) is 22.2. The summed E-state index contributed by atoms with van der Waals surface area (Å²) in [5.41, 5.74) is 0.604. The first-order valence-electron chi connectivity index (χ1n) is 26.0. The quantitative estimate of drug-likeness (QED) is 0.0773. The van der Waals surface area contributed by atoms with Crippen molar-refractivity contribution in [3.8, 4) is 0 Å². The standard InChI is InChI=1S/C56H80N8O8S2/c1-39(57-9)51(65)59-49(55(3,4)5)53(67)63-31-17-23-45(63)37-61(33-29-41-19-13-11-14-20-41)73(69,70)47-27-25-43-26-28-48(36-44(43)35-47)74(71,72)62(34-30-42-21-15-12-16-22-42)38-46-24-18-32-64(46)54(68)50(56(6,7)8)60-52(66)40(2)58-10/h11-16,19-22,25-28,35-36,39-40,45-46,49-50,57-58H,17-18,23-24,29-34,37-38H2,1-10H3,(H,59,65)(H,60,66)/t39-,40-,45-,46+,49+,50+/m0/s1. The Kier molecular flexibility index (Phi) is 19.3. The molecule has 18 heteroatoms. The van der Waals surface area contributed by atoms with Crippen molar-refractivity contribution >= 4 is 54.4 Å². The molecule has 404 valence electrons. The van der Waals surface area contributed by atoms with Gasteiger partial charge in [-0.2, -0.15) is 8.61 Å². The largest absolute Gasteiger partial charge is 0.342 e. The third kappa shape index (κ3) is 14.2. The molecule has 4 N–H and O–H groups in total. The van der Waals surface area contributed by atoms with E-state index in [0.29, 0.717) is 62.4 Å². The summed E-state index contributed by atoms with van der Waals surface area (Å²) < 4.78 is 63.2. The van der Waals surface area contributed by atoms with E-state index in [1.165, 1.54) is 32.9 Å². The Hall–Kier alpha value is -5.24. The molecule has 2 aliphatic rings. The molecule has 2 fully saturated rings. The molecule has 0 spiro atoms. The van der Waals surface area contributed by atoms with Crippen LogP contribution in [0.3, 0.4) is 0 Å². The molecular weight excluding hydrogens is 977 g/mol. The van der Waals surface area contributed by atoms with Gasteiger partial charge in [-0.25, -0.2) is 16.8 Å². The second-order valence-corrected chi connectivity index (χ2v) is 26.0. The van der Waals surface area contributed by atoms with Gasteiger partial charge in [0, 0.05) is 51.4 Å². The Balaban J connectivity index is 1.32. The number of nitrogens with zero attached hydrogens (tertiary/aromatic N) is 4. The van der Waals surface area contributed by atoms with Gasteiger partial charge in [-0.05, 0) is 123 Å². The number of carbonyl (C=O) groups excluding carboxylic acids is 4. The Bertz CT molecular complexity index is 2620. The molecule has 74 heavy (non-hydrogen) atoms. The van der Waals surface area contributed by atoms with E-state index in [1.807, 2.05) is 102 Å². The summed E-state index contributed by atoms with van der Waals surface area (Å²) in [7, 11) is -5.16. The van der Waals surface area contributed by atoms with Gasteiger partial charge in [-0.1, -0.05) is 114 Å². The predicted octanol–water partition coefficient (Wildman–Crippen LogP) is 5.57. The smallest absolute Gasteiger partial charge is 0.245 e. The topological polar surface area (TPSA) is 198 Å². The van der Waals surface area contributed by atoms with Gasteiger partial charge in [-0.3, -0.25) is 19.2 Å². The highest BCUT2D eigenvalue weighted by Crippen LogP contribution is 2.32. The number of carbonyl (C=O) groups is 4. The number of hydrogen-bond acceptors (Lipinski definition) is 10. The van der Waals surface area contributed by atoms with Crippen LogP contribution in [-0.2, 0) is 52.1 Å². The number of likely N-dealkylation sites (tertiary alicyclic amines) is 2. The number of fused-ring (bicyclic) bond motifs is 1. The van der Waals surface area contributed by atoms with Crippen LogP contribution in [0.5, 0.6) is 0 Å². The van der Waals surface area contributed by atoms with E-state index < -0.39 is 67.1 Å². The van der Waals surface area contributed by atoms with E-state index in [2.05, 4.69) is 21.3 Å². The minimum atomic E-state index is -4.26. The predicted molar refractivity (Wildman–Crippen MR) is 291 cm³/mol. The first-order chi connectivity index (χ1) is 34.9. The fourth-order valence-corrected chi connectivity index (χ4v) is 12.8. The fourth-order valence-electron chi connectivity index (χ4n) is 9.77. The first kappa shape index (κ1) is 58.0. The van der Waals surface area contributed by atoms with E-state index in [1.54, 1.807) is 49.9 Å². The summed E-state index contributed by atoms with van der Waals surface area (Å²) in [4.78, 5) is 58.5. The lowest BCUT2D eigenvalue weighted by Crippen LogP contribution is -2.59. The summed E-state index contributed by atoms with van der Waals surface area (Å²) in [6.45, 7) is 15.9. The number of rotatable bonds is 22. The molecule has 4 aromatic rings. The maximum absolute atomic E-state index is 15.1. The number of sulfonamides is 2. The molecule has 0 aliphatic carbocycles. The van der Waals surface area contributed by atoms with Crippen molar-refractivity contribution in [1.82, 2.24) is 39.7 Å². The van der Waals surface area contributed by atoms with Crippen molar-refractivity contribution < 1.29 is 36.0 Å². The SMILES string of the molecule is CN[C@@H](C)C(=O)N[C@H](C(=O)N1CCC[C@@H]1CN(CCc1ccccc1)S(=O)(=O)c1ccc2ccc(S(=O)(=O)N(CCc3ccccc3)C[C@@H]3CCCN3C(=O)[C@@H](NC(=O)[C@H](C)NC)C(C)(C)C)cc2c1)C(C)(C)C. The zero-order valence-electron chi connectivity index (χ0n) is 45.1. The third-order valence-corrected chi connectivity index (χ3v) is 18.4. The highest BCUT2D eigenvalue weighted by molar-refractivity contribution is 7.89. The van der Waals surface area contributed by atoms with E-state index in [0.717, 1.165) is 11.1 Å². The molecule has 0 unspecified atom stereocenters. The minimum absolute atomic E-state index is 0.0140. The van der Waals surface area contributed by atoms with Gasteiger partial charge in [0.2, 0.25) is 43.7 Å². The summed E-state index contributed by atoms with van der Waals surface area (Å²) in [5, 5.41) is 12.8. The van der Waals surface area contributed by atoms with Crippen molar-refractivity contribution in [3.05, 3.63) is 108 Å². The van der Waals surface area contributed by atoms with E-state index >= 15 is 16.8 Å². The zero-order chi connectivity index (χ0) is 54.2. The average molecular weight is 1060 g/mol. The average Bonchev–Trinajstić information content (AvgIpc) is 4.05. The molecule has 2 heterocycles. The lowest BCUT2D eigenvalue weighted by molar-refractivity contribution is -0.140. The second kappa shape index (κ2) is 24.6. The van der Waals surface area contributed by atoms with Gasteiger partial charge in [0.15, 0.2) is 0 Å². The molecule has 0 saturated carbocycles. The molecule has 6 rings (SSSR count). The molecule has 4 aromatic carbocycles. The van der Waals surface area contributed by atoms with Crippen LogP contribution in [0.4, 0.5) is 0 Å². The van der Waals surface area contributed by atoms with E-state index in [9.17, 15) is 19.2 Å². The summed E-state index contributed by atoms with van der Waals surface area (Å²) in [6, 6.07) is 24.9. The summed E-state index contributed by atoms with van der Waals surface area (Å²) in [5.74, 6) is -1.15. The Morgan fingerprint density at radius 3 is 1.27 bits per heavy atom. The summed E-state index contributed by atoms with van der Waals surface area (Å²) in [6.07, 6.45) is 3.27. The lowest BCUT2D eigenvalue weighted by Gasteiger charge is -2.37. The van der Waals surface area contributed by atoms with Gasteiger partial charge < -0.3 is 31.1 Å². The molecule has 2 aliphatic heterocycles. The maximum atomic E-state index is 15.1. The van der Waals surface area contributed by atoms with Crippen molar-refractivity contribution in [3.63, 3.8) is 0 Å². The first-order valence-corrected chi connectivity index (χ1v) is 28.9. The normalized spacial score (nSPS) is 18.4. The van der Waals surface area contributed by atoms with Crippen LogP contribution in [0.25, 0.3) is 10.8 Å². The number of amides is 4. The van der Waals surface area contributed by atoms with E-state index in [-0.39, 0.29) is 59.6 Å². The fraction of sp³-hybridized carbons (Fsp3) is 0.536. The molecule has 0 bridgehead atoms. The minimum Gasteiger partial charge on any atom is -0.342 e. The van der Waals surface area contributed by atoms with Crippen LogP contribution in [0.1, 0.15) is 92.2 Å². The zero-order valence-corrected chi connectivity index (χ0v) is 46.7. The van der Waals surface area contributed by atoms with Crippen LogP contribution >= 0.6 is 0 Å². The molecule has 6 atom stereocenters. The van der Waals surface area contributed by atoms with Crippen LogP contribution in [0, 0.1) is 10.8 Å². The Labute approximate surface area is 440 Å². The third-order valence-electron chi connectivity index (χ3n) is 14.6. The Morgan fingerprint density at radius 1 is 0.568 bits per heavy atom. The molecule has 0 aromatic heterocycles. The van der Waals surface area contributed by atoms with Crippen molar-refractivity contribution in [1.29, 1.82) is 0 Å². The Morgan fingerprint density at radius 2 is 0.932 bits per heavy atom. The highest BCUT2D eigenvalue weighted by Gasteiger charge is 2.43. The lowest BCUT2D eigenvalue weighted by atomic mass is 9.85. The highest BCUT2D eigenvalue weighted by atomic mass is 32.2. The van der Waals surface area contributed by atoms with Crippen LogP contribution in [-0.4, -0.2) is 148 Å². The van der Waals surface area contributed by atoms with Gasteiger partial charge in [0.25, 0.3) is 0 Å². The van der Waals surface area contributed by atoms with Crippen molar-refractivity contribution in [2.45, 2.75) is 140 Å². The van der Waals surface area contributed by atoms with Gasteiger partial charge in [-0.15, -0.1) is 0 Å². The molecule has 4 amide bonds. The van der Waals surface area contributed by atoms with Crippen LogP contribution in [0.2, 0.25) is 0 Å². The maximum Gasteiger partial charge on any atom is 0.245 e. The van der Waals surface area contributed by atoms with Gasteiger partial charge >= 0.3 is 0 Å². The van der Waals surface area contributed by atoms with Gasteiger partial charge in [0.1, 0.15) is 12.1 Å². The number of benzene rings is 4. The number of hydrogen-bond donors (Lipinski definition) is 4. The van der Waals surface area contributed by atoms with Crippen molar-refractivity contribution in [2.75, 3.05) is 53.4 Å². The van der Waals surface area contributed by atoms with Crippen molar-refractivity contribution in [2.24, 2.45) is 10.8 Å².